The number of hydrogen-bond acceptors (Lipinski definition) is 5. The molecule has 3 rings (SSSR count). The summed E-state index contributed by atoms with van der Waals surface area (Å²) in [5.41, 5.74) is 2.15. The number of aliphatic hydroxyl groups is 1. The molecule has 0 spiro atoms. The topological polar surface area (TPSA) is 108 Å². The van der Waals surface area contributed by atoms with E-state index in [0.717, 1.165) is 0 Å². The van der Waals surface area contributed by atoms with E-state index < -0.39 is 6.10 Å². The number of ether oxygens (including phenoxy) is 1. The summed E-state index contributed by atoms with van der Waals surface area (Å²) in [6, 6.07) is 12.1. The summed E-state index contributed by atoms with van der Waals surface area (Å²) in [5.74, 6) is 0.520. The van der Waals surface area contributed by atoms with Gasteiger partial charge >= 0.3 is 0 Å². The lowest BCUT2D eigenvalue weighted by Crippen LogP contribution is -2.30. The molecular formula is C22H24N4O4. The first kappa shape index (κ1) is 21.1. The van der Waals surface area contributed by atoms with Crippen LogP contribution in [0.25, 0.3) is 11.3 Å². The number of benzene rings is 1. The second-order valence-corrected chi connectivity index (χ2v) is 7.08. The van der Waals surface area contributed by atoms with Gasteiger partial charge in [0.15, 0.2) is 0 Å². The Kier molecular flexibility index (Phi) is 6.48. The Hall–Kier alpha value is -3.65. The Morgan fingerprint density at radius 3 is 2.67 bits per heavy atom. The lowest BCUT2D eigenvalue weighted by atomic mass is 10.1. The van der Waals surface area contributed by atoms with Crippen molar-refractivity contribution in [2.75, 3.05) is 20.6 Å². The second kappa shape index (κ2) is 9.23. The molecule has 0 saturated carbocycles. The van der Waals surface area contributed by atoms with Gasteiger partial charge in [-0.25, -0.2) is 0 Å². The summed E-state index contributed by atoms with van der Waals surface area (Å²) >= 11 is 0. The van der Waals surface area contributed by atoms with Gasteiger partial charge in [-0.15, -0.1) is 0 Å². The third-order valence-corrected chi connectivity index (χ3v) is 4.23. The van der Waals surface area contributed by atoms with Gasteiger partial charge in [0.05, 0.1) is 12.3 Å². The molecular weight excluding hydrogens is 384 g/mol. The average molecular weight is 408 g/mol. The quantitative estimate of drug-likeness (QED) is 0.557. The molecule has 0 radical (unpaired) electrons. The maximum atomic E-state index is 12.6. The highest BCUT2D eigenvalue weighted by Crippen LogP contribution is 2.29. The zero-order valence-corrected chi connectivity index (χ0v) is 17.0. The zero-order valence-electron chi connectivity index (χ0n) is 17.0. The van der Waals surface area contributed by atoms with Gasteiger partial charge in [0.1, 0.15) is 17.2 Å². The molecule has 0 aliphatic carbocycles. The van der Waals surface area contributed by atoms with Crippen LogP contribution in [0.3, 0.4) is 0 Å². The van der Waals surface area contributed by atoms with E-state index in [1.54, 1.807) is 75.9 Å². The molecule has 3 N–H and O–H groups in total. The van der Waals surface area contributed by atoms with Gasteiger partial charge in [0.25, 0.3) is 11.8 Å². The standard InChI is InChI=1S/C22H24N4O4/c1-14(27)12-24-21(28)20-7-6-19(25-20)15-9-16(22(29)26(2)3)11-18(10-15)30-17-5-4-8-23-13-17/h4-11,13-14,25,27H,12H2,1-3H3,(H,24,28)/t14-/m1/s1. The summed E-state index contributed by atoms with van der Waals surface area (Å²) in [5, 5.41) is 12.0. The predicted octanol–water partition coefficient (Wildman–Crippen LogP) is 2.68. The number of rotatable bonds is 7. The first-order valence-electron chi connectivity index (χ1n) is 9.44. The van der Waals surface area contributed by atoms with Crippen LogP contribution in [0, 0.1) is 0 Å². The maximum Gasteiger partial charge on any atom is 0.267 e. The van der Waals surface area contributed by atoms with Crippen molar-refractivity contribution in [3.63, 3.8) is 0 Å². The second-order valence-electron chi connectivity index (χ2n) is 7.08. The number of aromatic nitrogens is 2. The Morgan fingerprint density at radius 2 is 2.00 bits per heavy atom. The molecule has 3 aromatic rings. The molecule has 1 atom stereocenters. The van der Waals surface area contributed by atoms with E-state index in [2.05, 4.69) is 15.3 Å². The number of carbonyl (C=O) groups is 2. The van der Waals surface area contributed by atoms with Crippen LogP contribution in [0.4, 0.5) is 0 Å². The van der Waals surface area contributed by atoms with Crippen LogP contribution in [0.1, 0.15) is 27.8 Å². The number of aromatic amines is 1. The number of pyridine rings is 1. The molecule has 0 saturated heterocycles. The Morgan fingerprint density at radius 1 is 1.20 bits per heavy atom. The number of amides is 2. The van der Waals surface area contributed by atoms with Crippen LogP contribution >= 0.6 is 0 Å². The normalized spacial score (nSPS) is 11.6. The number of hydrogen-bond donors (Lipinski definition) is 3. The Balaban J connectivity index is 1.93. The van der Waals surface area contributed by atoms with Crippen molar-refractivity contribution < 1.29 is 19.4 Å². The highest BCUT2D eigenvalue weighted by Gasteiger charge is 2.15. The van der Waals surface area contributed by atoms with Crippen LogP contribution in [-0.2, 0) is 0 Å². The number of aliphatic hydroxyl groups excluding tert-OH is 1. The molecule has 2 heterocycles. The zero-order chi connectivity index (χ0) is 21.7. The number of nitrogens with one attached hydrogen (secondary N) is 2. The Bertz CT molecular complexity index is 1030. The van der Waals surface area contributed by atoms with Crippen LogP contribution in [0.5, 0.6) is 11.5 Å². The smallest absolute Gasteiger partial charge is 0.267 e. The van der Waals surface area contributed by atoms with Crippen molar-refractivity contribution in [2.24, 2.45) is 0 Å². The van der Waals surface area contributed by atoms with E-state index in [9.17, 15) is 14.7 Å². The molecule has 0 fully saturated rings. The SMILES string of the molecule is C[C@@H](O)CNC(=O)c1ccc(-c2cc(Oc3cccnc3)cc(C(=O)N(C)C)c2)[nH]1. The molecule has 1 aromatic carbocycles. The van der Waals surface area contributed by atoms with E-state index in [1.807, 2.05) is 0 Å². The minimum Gasteiger partial charge on any atom is -0.456 e. The molecule has 2 amide bonds. The lowest BCUT2D eigenvalue weighted by Gasteiger charge is -2.14. The number of H-pyrrole nitrogens is 1. The van der Waals surface area contributed by atoms with Gasteiger partial charge in [0.2, 0.25) is 0 Å². The molecule has 0 unspecified atom stereocenters. The van der Waals surface area contributed by atoms with Gasteiger partial charge < -0.3 is 25.0 Å². The van der Waals surface area contributed by atoms with Crippen molar-refractivity contribution in [3.8, 4) is 22.8 Å². The van der Waals surface area contributed by atoms with E-state index >= 15 is 0 Å². The maximum absolute atomic E-state index is 12.6. The molecule has 0 bridgehead atoms. The minimum atomic E-state index is -0.635. The van der Waals surface area contributed by atoms with E-state index in [0.29, 0.717) is 34.0 Å². The van der Waals surface area contributed by atoms with Crippen molar-refractivity contribution in [1.29, 1.82) is 0 Å². The summed E-state index contributed by atoms with van der Waals surface area (Å²) in [6.07, 6.45) is 2.59. The largest absolute Gasteiger partial charge is 0.456 e. The van der Waals surface area contributed by atoms with Crippen LogP contribution < -0.4 is 10.1 Å². The van der Waals surface area contributed by atoms with Crippen LogP contribution in [0.2, 0.25) is 0 Å². The van der Waals surface area contributed by atoms with E-state index in [4.69, 9.17) is 4.74 Å². The highest BCUT2D eigenvalue weighted by atomic mass is 16.5. The minimum absolute atomic E-state index is 0.156. The van der Waals surface area contributed by atoms with Crippen LogP contribution in [-0.4, -0.2) is 58.5 Å². The van der Waals surface area contributed by atoms with Gasteiger partial charge in [-0.3, -0.25) is 14.6 Å². The van der Waals surface area contributed by atoms with Gasteiger partial charge in [0, 0.05) is 43.7 Å². The molecule has 8 heteroatoms. The summed E-state index contributed by atoms with van der Waals surface area (Å²) in [7, 11) is 3.35. The fraction of sp³-hybridized carbons (Fsp3) is 0.227. The molecule has 8 nitrogen and oxygen atoms in total. The van der Waals surface area contributed by atoms with Crippen molar-refractivity contribution in [1.82, 2.24) is 20.2 Å². The average Bonchev–Trinajstić information content (AvgIpc) is 3.22. The third-order valence-electron chi connectivity index (χ3n) is 4.23. The first-order valence-corrected chi connectivity index (χ1v) is 9.44. The van der Waals surface area contributed by atoms with Crippen molar-refractivity contribution in [3.05, 3.63) is 66.1 Å². The van der Waals surface area contributed by atoms with Gasteiger partial charge in [-0.1, -0.05) is 0 Å². The monoisotopic (exact) mass is 408 g/mol. The fourth-order valence-electron chi connectivity index (χ4n) is 2.77. The summed E-state index contributed by atoms with van der Waals surface area (Å²) < 4.78 is 5.88. The number of nitrogens with zero attached hydrogens (tertiary/aromatic N) is 2. The van der Waals surface area contributed by atoms with Gasteiger partial charge in [-0.05, 0) is 49.4 Å². The molecule has 2 aromatic heterocycles. The molecule has 156 valence electrons. The summed E-state index contributed by atoms with van der Waals surface area (Å²) in [4.78, 5) is 33.3. The van der Waals surface area contributed by atoms with Gasteiger partial charge in [-0.2, -0.15) is 0 Å². The summed E-state index contributed by atoms with van der Waals surface area (Å²) in [6.45, 7) is 1.75. The van der Waals surface area contributed by atoms with Crippen molar-refractivity contribution in [2.45, 2.75) is 13.0 Å². The lowest BCUT2D eigenvalue weighted by molar-refractivity contribution is 0.0827. The molecule has 0 aliphatic heterocycles. The van der Waals surface area contributed by atoms with Crippen LogP contribution in [0.15, 0.2) is 54.9 Å². The van der Waals surface area contributed by atoms with E-state index in [-0.39, 0.29) is 18.4 Å². The number of carbonyl (C=O) groups excluding carboxylic acids is 2. The van der Waals surface area contributed by atoms with Crippen molar-refractivity contribution >= 4 is 11.8 Å². The molecule has 0 aliphatic rings. The predicted molar refractivity (Wildman–Crippen MR) is 113 cm³/mol. The Labute approximate surface area is 174 Å². The fourth-order valence-corrected chi connectivity index (χ4v) is 2.77. The highest BCUT2D eigenvalue weighted by molar-refractivity contribution is 5.96. The molecule has 30 heavy (non-hydrogen) atoms. The third kappa shape index (κ3) is 5.24. The first-order chi connectivity index (χ1) is 14.3. The van der Waals surface area contributed by atoms with E-state index in [1.165, 1.54) is 4.90 Å².